The van der Waals surface area contributed by atoms with Gasteiger partial charge in [-0.3, -0.25) is 9.48 Å². The molecule has 1 heterocycles. The molecule has 0 aromatic carbocycles. The minimum Gasteiger partial charge on any atom is -0.481 e. The van der Waals surface area contributed by atoms with E-state index in [1.54, 1.807) is 24.0 Å². The van der Waals surface area contributed by atoms with Crippen LogP contribution in [0.2, 0.25) is 0 Å². The molecule has 5 nitrogen and oxygen atoms in total. The Labute approximate surface area is 81.0 Å². The number of carboxylic acid groups (broad SMARTS) is 1. The van der Waals surface area contributed by atoms with Crippen molar-refractivity contribution in [3.05, 3.63) is 18.0 Å². The largest absolute Gasteiger partial charge is 0.481 e. The van der Waals surface area contributed by atoms with E-state index in [0.717, 1.165) is 0 Å². The minimum absolute atomic E-state index is 0.263. The second-order valence-electron chi connectivity index (χ2n) is 3.82. The Hall–Kier alpha value is -1.36. The van der Waals surface area contributed by atoms with Gasteiger partial charge in [-0.25, -0.2) is 0 Å². The number of aliphatic carboxylic acids is 1. The summed E-state index contributed by atoms with van der Waals surface area (Å²) >= 11 is 0. The molecule has 0 amide bonds. The third-order valence-corrected chi connectivity index (χ3v) is 2.78. The van der Waals surface area contributed by atoms with Crippen LogP contribution in [-0.2, 0) is 17.3 Å². The number of aryl methyl sites for hydroxylation is 1. The Balaban J connectivity index is 2.34. The Morgan fingerprint density at radius 1 is 1.71 bits per heavy atom. The number of nitrogens with zero attached hydrogens (tertiary/aromatic N) is 2. The van der Waals surface area contributed by atoms with E-state index >= 15 is 0 Å². The van der Waals surface area contributed by atoms with Crippen molar-refractivity contribution in [1.29, 1.82) is 0 Å². The average Bonchev–Trinajstić information content (AvgIpc) is 2.45. The van der Waals surface area contributed by atoms with Crippen molar-refractivity contribution in [2.75, 3.05) is 0 Å². The van der Waals surface area contributed by atoms with E-state index in [2.05, 4.69) is 5.10 Å². The van der Waals surface area contributed by atoms with E-state index < -0.39 is 17.5 Å². The van der Waals surface area contributed by atoms with Crippen molar-refractivity contribution in [1.82, 2.24) is 9.78 Å². The molecule has 14 heavy (non-hydrogen) atoms. The van der Waals surface area contributed by atoms with Crippen molar-refractivity contribution in [2.24, 2.45) is 7.05 Å². The number of hydrogen-bond acceptors (Lipinski definition) is 3. The van der Waals surface area contributed by atoms with E-state index in [4.69, 9.17) is 5.11 Å². The van der Waals surface area contributed by atoms with Gasteiger partial charge in [-0.1, -0.05) is 0 Å². The number of rotatable bonds is 2. The van der Waals surface area contributed by atoms with Gasteiger partial charge in [0.15, 0.2) is 0 Å². The smallest absolute Gasteiger partial charge is 0.316 e. The maximum absolute atomic E-state index is 11.1. The summed E-state index contributed by atoms with van der Waals surface area (Å²) in [6.07, 6.45) is 1.73. The fourth-order valence-corrected chi connectivity index (χ4v) is 1.91. The lowest BCUT2D eigenvalue weighted by atomic mass is 9.65. The van der Waals surface area contributed by atoms with Gasteiger partial charge in [0.05, 0.1) is 11.8 Å². The van der Waals surface area contributed by atoms with Gasteiger partial charge in [0.2, 0.25) is 0 Å². The summed E-state index contributed by atoms with van der Waals surface area (Å²) < 4.78 is 1.57. The highest BCUT2D eigenvalue weighted by Crippen LogP contribution is 2.43. The molecule has 1 aliphatic carbocycles. The topological polar surface area (TPSA) is 75.4 Å². The standard InChI is InChI=1S/C9H12N2O3/c1-11-3-2-7(10-11)9(8(13)14)4-6(12)5-9/h2-3,6,12H,4-5H2,1H3,(H,13,14). The van der Waals surface area contributed by atoms with Crippen molar-refractivity contribution in [2.45, 2.75) is 24.4 Å². The minimum atomic E-state index is -0.958. The summed E-state index contributed by atoms with van der Waals surface area (Å²) in [6, 6.07) is 1.69. The molecule has 0 aliphatic heterocycles. The molecule has 0 saturated heterocycles. The Morgan fingerprint density at radius 2 is 2.36 bits per heavy atom. The second-order valence-corrected chi connectivity index (χ2v) is 3.82. The summed E-state index contributed by atoms with van der Waals surface area (Å²) in [4.78, 5) is 11.1. The predicted octanol–water partition coefficient (Wildman–Crippen LogP) is -0.103. The van der Waals surface area contributed by atoms with Crippen molar-refractivity contribution in [3.63, 3.8) is 0 Å². The molecule has 0 atom stereocenters. The highest BCUT2D eigenvalue weighted by molar-refractivity contribution is 5.82. The number of aliphatic hydroxyl groups excluding tert-OH is 1. The number of carboxylic acids is 1. The van der Waals surface area contributed by atoms with Crippen LogP contribution < -0.4 is 0 Å². The fourth-order valence-electron chi connectivity index (χ4n) is 1.91. The van der Waals surface area contributed by atoms with Gasteiger partial charge in [0.25, 0.3) is 0 Å². The summed E-state index contributed by atoms with van der Waals surface area (Å²) in [5, 5.41) is 22.4. The van der Waals surface area contributed by atoms with Crippen LogP contribution in [0.4, 0.5) is 0 Å². The highest BCUT2D eigenvalue weighted by Gasteiger charge is 2.52. The Bertz CT molecular complexity index is 366. The van der Waals surface area contributed by atoms with Crippen LogP contribution >= 0.6 is 0 Å². The van der Waals surface area contributed by atoms with E-state index in [9.17, 15) is 9.90 Å². The first-order chi connectivity index (χ1) is 6.54. The summed E-state index contributed by atoms with van der Waals surface area (Å²) in [6.45, 7) is 0. The maximum Gasteiger partial charge on any atom is 0.316 e. The van der Waals surface area contributed by atoms with Gasteiger partial charge in [-0.2, -0.15) is 5.10 Å². The molecule has 76 valence electrons. The van der Waals surface area contributed by atoms with Crippen LogP contribution in [0.1, 0.15) is 18.5 Å². The molecule has 5 heteroatoms. The van der Waals surface area contributed by atoms with Crippen LogP contribution in [0, 0.1) is 0 Å². The van der Waals surface area contributed by atoms with Crippen LogP contribution in [0.15, 0.2) is 12.3 Å². The number of carbonyl (C=O) groups is 1. The normalized spacial score (nSPS) is 31.1. The van der Waals surface area contributed by atoms with Gasteiger partial charge in [-0.15, -0.1) is 0 Å². The number of aromatic nitrogens is 2. The number of aliphatic hydroxyl groups is 1. The van der Waals surface area contributed by atoms with Crippen molar-refractivity contribution < 1.29 is 15.0 Å². The van der Waals surface area contributed by atoms with E-state index in [1.807, 2.05) is 0 Å². The molecule has 1 aliphatic rings. The zero-order chi connectivity index (χ0) is 10.3. The van der Waals surface area contributed by atoms with Crippen molar-refractivity contribution in [3.8, 4) is 0 Å². The van der Waals surface area contributed by atoms with Crippen LogP contribution in [0.3, 0.4) is 0 Å². The predicted molar refractivity (Wildman–Crippen MR) is 47.8 cm³/mol. The lowest BCUT2D eigenvalue weighted by molar-refractivity contribution is -0.153. The molecule has 1 saturated carbocycles. The van der Waals surface area contributed by atoms with Gasteiger partial charge >= 0.3 is 5.97 Å². The van der Waals surface area contributed by atoms with Gasteiger partial charge in [0, 0.05) is 13.2 Å². The second kappa shape index (κ2) is 2.81. The van der Waals surface area contributed by atoms with E-state index in [0.29, 0.717) is 5.69 Å². The molecular weight excluding hydrogens is 184 g/mol. The first kappa shape index (κ1) is 9.21. The molecule has 2 N–H and O–H groups in total. The molecule has 2 rings (SSSR count). The lowest BCUT2D eigenvalue weighted by Gasteiger charge is -2.40. The van der Waals surface area contributed by atoms with E-state index in [-0.39, 0.29) is 12.8 Å². The molecule has 1 fully saturated rings. The lowest BCUT2D eigenvalue weighted by Crippen LogP contribution is -2.50. The van der Waals surface area contributed by atoms with E-state index in [1.165, 1.54) is 0 Å². The Morgan fingerprint density at radius 3 is 2.71 bits per heavy atom. The zero-order valence-corrected chi connectivity index (χ0v) is 7.84. The molecular formula is C9H12N2O3. The molecule has 0 spiro atoms. The summed E-state index contributed by atoms with van der Waals surface area (Å²) in [5.74, 6) is -0.901. The molecule has 1 aromatic rings. The molecule has 1 aromatic heterocycles. The van der Waals surface area contributed by atoms with Crippen LogP contribution in [0.25, 0.3) is 0 Å². The average molecular weight is 196 g/mol. The maximum atomic E-state index is 11.1. The Kier molecular flexibility index (Phi) is 1.85. The van der Waals surface area contributed by atoms with Crippen LogP contribution in [-0.4, -0.2) is 32.1 Å². The monoisotopic (exact) mass is 196 g/mol. The third-order valence-electron chi connectivity index (χ3n) is 2.78. The summed E-state index contributed by atoms with van der Waals surface area (Å²) in [5.41, 5.74) is -0.418. The van der Waals surface area contributed by atoms with Gasteiger partial charge in [0.1, 0.15) is 5.41 Å². The third kappa shape index (κ3) is 1.13. The zero-order valence-electron chi connectivity index (χ0n) is 7.84. The van der Waals surface area contributed by atoms with Gasteiger partial charge < -0.3 is 10.2 Å². The van der Waals surface area contributed by atoms with Crippen LogP contribution in [0.5, 0.6) is 0 Å². The molecule has 0 bridgehead atoms. The first-order valence-corrected chi connectivity index (χ1v) is 4.46. The SMILES string of the molecule is Cn1ccc(C2(C(=O)O)CC(O)C2)n1. The van der Waals surface area contributed by atoms with Gasteiger partial charge in [-0.05, 0) is 18.9 Å². The fraction of sp³-hybridized carbons (Fsp3) is 0.556. The molecule has 0 unspecified atom stereocenters. The van der Waals surface area contributed by atoms with Crippen molar-refractivity contribution >= 4 is 5.97 Å². The quantitative estimate of drug-likeness (QED) is 0.692. The highest BCUT2D eigenvalue weighted by atomic mass is 16.4. The molecule has 0 radical (unpaired) electrons. The first-order valence-electron chi connectivity index (χ1n) is 4.46. The summed E-state index contributed by atoms with van der Waals surface area (Å²) in [7, 11) is 1.74. The number of hydrogen-bond donors (Lipinski definition) is 2.